The molecule has 7 nitrogen and oxygen atoms in total. The molecule has 0 unspecified atom stereocenters. The molecule has 0 saturated heterocycles. The summed E-state index contributed by atoms with van der Waals surface area (Å²) in [6.45, 7) is 0. The highest BCUT2D eigenvalue weighted by atomic mass is 19.1. The van der Waals surface area contributed by atoms with E-state index in [9.17, 15) is 19.3 Å². The van der Waals surface area contributed by atoms with Crippen LogP contribution < -0.4 is 10.6 Å². The van der Waals surface area contributed by atoms with Crippen molar-refractivity contribution in [1.29, 1.82) is 0 Å². The molecule has 0 bridgehead atoms. The summed E-state index contributed by atoms with van der Waals surface area (Å²) >= 11 is 0. The molecule has 0 fully saturated rings. The third kappa shape index (κ3) is 3.30. The van der Waals surface area contributed by atoms with Crippen molar-refractivity contribution in [1.82, 2.24) is 4.98 Å². The van der Waals surface area contributed by atoms with Crippen LogP contribution in [0.1, 0.15) is 10.5 Å². The number of rotatable bonds is 4. The van der Waals surface area contributed by atoms with E-state index in [0.717, 1.165) is 12.1 Å². The molecule has 0 aliphatic rings. The van der Waals surface area contributed by atoms with E-state index in [0.29, 0.717) is 5.82 Å². The number of nitrogens with one attached hydrogen (secondary N) is 2. The van der Waals surface area contributed by atoms with Crippen LogP contribution in [0.3, 0.4) is 0 Å². The first-order valence-corrected chi connectivity index (χ1v) is 5.91. The van der Waals surface area contributed by atoms with Gasteiger partial charge in [-0.15, -0.1) is 0 Å². The zero-order chi connectivity index (χ0) is 15.4. The molecule has 108 valence electrons. The standard InChI is InChI=1S/C13H11FN4O3/c1-15-12-4-2-3-10(17-12)13(19)16-8-5-6-11(18(20)21)9(14)7-8/h2-7H,1H3,(H,15,17)(H,16,19). The molecule has 1 heterocycles. The van der Waals surface area contributed by atoms with Gasteiger partial charge in [0.25, 0.3) is 5.91 Å². The fourth-order valence-electron chi connectivity index (χ4n) is 1.63. The Kier molecular flexibility index (Phi) is 4.07. The lowest BCUT2D eigenvalue weighted by molar-refractivity contribution is -0.387. The zero-order valence-electron chi connectivity index (χ0n) is 11.0. The van der Waals surface area contributed by atoms with Crippen molar-refractivity contribution in [3.05, 3.63) is 58.0 Å². The molecule has 2 N–H and O–H groups in total. The largest absolute Gasteiger partial charge is 0.373 e. The Balaban J connectivity index is 2.19. The molecule has 8 heteroatoms. The predicted octanol–water partition coefficient (Wildman–Crippen LogP) is 2.42. The number of carbonyl (C=O) groups excluding carboxylic acids is 1. The van der Waals surface area contributed by atoms with Gasteiger partial charge in [-0.05, 0) is 18.2 Å². The molecule has 1 aromatic heterocycles. The summed E-state index contributed by atoms with van der Waals surface area (Å²) in [5.41, 5.74) is -0.399. The van der Waals surface area contributed by atoms with Crippen molar-refractivity contribution >= 4 is 23.1 Å². The quantitative estimate of drug-likeness (QED) is 0.665. The molecule has 0 spiro atoms. The molecule has 21 heavy (non-hydrogen) atoms. The van der Waals surface area contributed by atoms with Crippen molar-refractivity contribution in [2.75, 3.05) is 17.7 Å². The first-order valence-electron chi connectivity index (χ1n) is 5.91. The van der Waals surface area contributed by atoms with E-state index in [-0.39, 0.29) is 11.4 Å². The van der Waals surface area contributed by atoms with Gasteiger partial charge in [0.05, 0.1) is 4.92 Å². The number of halogens is 1. The van der Waals surface area contributed by atoms with Crippen LogP contribution >= 0.6 is 0 Å². The van der Waals surface area contributed by atoms with Crippen molar-refractivity contribution in [2.45, 2.75) is 0 Å². The maximum absolute atomic E-state index is 13.5. The lowest BCUT2D eigenvalue weighted by Gasteiger charge is -2.06. The second kappa shape index (κ2) is 5.95. The topological polar surface area (TPSA) is 97.2 Å². The minimum absolute atomic E-state index is 0.111. The summed E-state index contributed by atoms with van der Waals surface area (Å²) in [6, 6.07) is 7.95. The molecular formula is C13H11FN4O3. The average Bonchev–Trinajstić information content (AvgIpc) is 2.47. The molecular weight excluding hydrogens is 279 g/mol. The number of amides is 1. The van der Waals surface area contributed by atoms with Crippen molar-refractivity contribution < 1.29 is 14.1 Å². The normalized spacial score (nSPS) is 10.0. The second-order valence-electron chi connectivity index (χ2n) is 4.04. The van der Waals surface area contributed by atoms with E-state index < -0.39 is 22.3 Å². The zero-order valence-corrected chi connectivity index (χ0v) is 11.0. The first kappa shape index (κ1) is 14.4. The van der Waals surface area contributed by atoms with Gasteiger partial charge in [0.1, 0.15) is 11.5 Å². The SMILES string of the molecule is CNc1cccc(C(=O)Nc2ccc([N+](=O)[O-])c(F)c2)n1. The van der Waals surface area contributed by atoms with Crippen LogP contribution in [0.4, 0.5) is 21.6 Å². The van der Waals surface area contributed by atoms with Gasteiger partial charge in [-0.1, -0.05) is 6.07 Å². The van der Waals surface area contributed by atoms with Gasteiger partial charge in [0, 0.05) is 24.9 Å². The third-order valence-corrected chi connectivity index (χ3v) is 2.64. The molecule has 1 amide bonds. The minimum atomic E-state index is -1.02. The number of aromatic nitrogens is 1. The molecule has 2 rings (SSSR count). The number of nitrogens with zero attached hydrogens (tertiary/aromatic N) is 2. The molecule has 2 aromatic rings. The summed E-state index contributed by atoms with van der Waals surface area (Å²) in [5.74, 6) is -1.05. The van der Waals surface area contributed by atoms with Crippen molar-refractivity contribution in [2.24, 2.45) is 0 Å². The number of nitro groups is 1. The second-order valence-corrected chi connectivity index (χ2v) is 4.04. The van der Waals surface area contributed by atoms with E-state index in [1.165, 1.54) is 12.1 Å². The van der Waals surface area contributed by atoms with Crippen LogP contribution in [0.15, 0.2) is 36.4 Å². The Bertz CT molecular complexity index is 706. The van der Waals surface area contributed by atoms with Gasteiger partial charge in [-0.3, -0.25) is 14.9 Å². The van der Waals surface area contributed by atoms with Crippen LogP contribution in [0.2, 0.25) is 0 Å². The molecule has 0 atom stereocenters. The molecule has 0 aliphatic heterocycles. The number of pyridine rings is 1. The first-order chi connectivity index (χ1) is 10.0. The Morgan fingerprint density at radius 1 is 1.33 bits per heavy atom. The van der Waals surface area contributed by atoms with Gasteiger partial charge >= 0.3 is 5.69 Å². The van der Waals surface area contributed by atoms with Gasteiger partial charge < -0.3 is 10.6 Å². The number of carbonyl (C=O) groups is 1. The number of anilines is 2. The van der Waals surface area contributed by atoms with E-state index in [1.54, 1.807) is 19.2 Å². The average molecular weight is 290 g/mol. The summed E-state index contributed by atoms with van der Waals surface area (Å²) in [5, 5.41) is 15.7. The monoisotopic (exact) mass is 290 g/mol. The Hall–Kier alpha value is -3.03. The van der Waals surface area contributed by atoms with Crippen molar-refractivity contribution in [3.63, 3.8) is 0 Å². The van der Waals surface area contributed by atoms with Crippen molar-refractivity contribution in [3.8, 4) is 0 Å². The van der Waals surface area contributed by atoms with Gasteiger partial charge in [-0.2, -0.15) is 4.39 Å². The van der Waals surface area contributed by atoms with Crippen LogP contribution in [0, 0.1) is 15.9 Å². The maximum atomic E-state index is 13.5. The number of benzene rings is 1. The fourth-order valence-corrected chi connectivity index (χ4v) is 1.63. The van der Waals surface area contributed by atoms with Gasteiger partial charge in [0.2, 0.25) is 5.82 Å². The lowest BCUT2D eigenvalue weighted by atomic mass is 10.2. The minimum Gasteiger partial charge on any atom is -0.373 e. The fraction of sp³-hybridized carbons (Fsp3) is 0.0769. The summed E-state index contributed by atoms with van der Waals surface area (Å²) in [7, 11) is 1.66. The molecule has 0 aliphatic carbocycles. The van der Waals surface area contributed by atoms with E-state index in [2.05, 4.69) is 15.6 Å². The Morgan fingerprint density at radius 2 is 2.10 bits per heavy atom. The number of hydrogen-bond acceptors (Lipinski definition) is 5. The van der Waals surface area contributed by atoms with Crippen LogP contribution in [0.25, 0.3) is 0 Å². The smallest absolute Gasteiger partial charge is 0.304 e. The highest BCUT2D eigenvalue weighted by Crippen LogP contribution is 2.21. The van der Waals surface area contributed by atoms with Crippen LogP contribution in [0.5, 0.6) is 0 Å². The predicted molar refractivity (Wildman–Crippen MR) is 74.8 cm³/mol. The highest BCUT2D eigenvalue weighted by Gasteiger charge is 2.15. The van der Waals surface area contributed by atoms with E-state index >= 15 is 0 Å². The van der Waals surface area contributed by atoms with E-state index in [4.69, 9.17) is 0 Å². The van der Waals surface area contributed by atoms with Gasteiger partial charge in [0.15, 0.2) is 0 Å². The molecule has 1 aromatic carbocycles. The van der Waals surface area contributed by atoms with Crippen LogP contribution in [-0.2, 0) is 0 Å². The molecule has 0 radical (unpaired) electrons. The van der Waals surface area contributed by atoms with Crippen LogP contribution in [-0.4, -0.2) is 22.9 Å². The Morgan fingerprint density at radius 3 is 2.71 bits per heavy atom. The Labute approximate surface area is 119 Å². The lowest BCUT2D eigenvalue weighted by Crippen LogP contribution is -2.14. The third-order valence-electron chi connectivity index (χ3n) is 2.64. The summed E-state index contributed by atoms with van der Waals surface area (Å²) in [4.78, 5) is 25.7. The summed E-state index contributed by atoms with van der Waals surface area (Å²) < 4.78 is 13.5. The summed E-state index contributed by atoms with van der Waals surface area (Å²) in [6.07, 6.45) is 0. The molecule has 0 saturated carbocycles. The number of hydrogen-bond donors (Lipinski definition) is 2. The maximum Gasteiger partial charge on any atom is 0.304 e. The van der Waals surface area contributed by atoms with E-state index in [1.807, 2.05) is 0 Å². The highest BCUT2D eigenvalue weighted by molar-refractivity contribution is 6.03. The number of nitro benzene ring substituents is 1. The van der Waals surface area contributed by atoms with Gasteiger partial charge in [-0.25, -0.2) is 4.98 Å².